The van der Waals surface area contributed by atoms with Gasteiger partial charge in [0.15, 0.2) is 0 Å². The van der Waals surface area contributed by atoms with E-state index in [0.29, 0.717) is 6.04 Å². The number of hydrogen-bond donors (Lipinski definition) is 1. The van der Waals surface area contributed by atoms with E-state index in [4.69, 9.17) is 4.74 Å². The van der Waals surface area contributed by atoms with Gasteiger partial charge in [-0.05, 0) is 32.3 Å². The van der Waals surface area contributed by atoms with Crippen LogP contribution in [0.2, 0.25) is 0 Å². The van der Waals surface area contributed by atoms with Crippen molar-refractivity contribution in [1.29, 1.82) is 0 Å². The van der Waals surface area contributed by atoms with Gasteiger partial charge in [-0.3, -0.25) is 9.69 Å². The van der Waals surface area contributed by atoms with Crippen molar-refractivity contribution in [3.63, 3.8) is 0 Å². The molecule has 2 rings (SSSR count). The van der Waals surface area contributed by atoms with Crippen molar-refractivity contribution in [3.05, 3.63) is 35.9 Å². The number of nitrogens with zero attached hydrogens (tertiary/aromatic N) is 1. The van der Waals surface area contributed by atoms with Gasteiger partial charge in [-0.25, -0.2) is 0 Å². The summed E-state index contributed by atoms with van der Waals surface area (Å²) in [5, 5.41) is 3.52. The Balaban J connectivity index is 1.99. The fourth-order valence-corrected chi connectivity index (χ4v) is 3.49. The number of ether oxygens (including phenoxy) is 1. The third kappa shape index (κ3) is 4.79. The van der Waals surface area contributed by atoms with Gasteiger partial charge in [-0.2, -0.15) is 0 Å². The molecule has 1 aromatic rings. The van der Waals surface area contributed by atoms with Gasteiger partial charge in [0, 0.05) is 24.7 Å². The Hall–Kier alpha value is -1.39. The van der Waals surface area contributed by atoms with Gasteiger partial charge in [-0.15, -0.1) is 0 Å². The Labute approximate surface area is 140 Å². The summed E-state index contributed by atoms with van der Waals surface area (Å²) in [6.07, 6.45) is 2.83. The zero-order valence-corrected chi connectivity index (χ0v) is 14.8. The Bertz CT molecular complexity index is 501. The molecule has 1 aromatic carbocycles. The van der Waals surface area contributed by atoms with Crippen LogP contribution in [-0.2, 0) is 16.1 Å². The third-order valence-corrected chi connectivity index (χ3v) is 4.76. The van der Waals surface area contributed by atoms with Gasteiger partial charge in [-0.1, -0.05) is 43.7 Å². The molecule has 0 saturated carbocycles. The van der Waals surface area contributed by atoms with E-state index in [1.165, 1.54) is 12.7 Å². The first-order chi connectivity index (χ1) is 11.0. The van der Waals surface area contributed by atoms with Gasteiger partial charge in [0.25, 0.3) is 0 Å². The quantitative estimate of drug-likeness (QED) is 0.785. The van der Waals surface area contributed by atoms with Crippen molar-refractivity contribution in [2.45, 2.75) is 64.2 Å². The largest absolute Gasteiger partial charge is 0.468 e. The molecule has 0 amide bonds. The third-order valence-electron chi connectivity index (χ3n) is 4.76. The number of esters is 1. The number of hydrogen-bond acceptors (Lipinski definition) is 4. The van der Waals surface area contributed by atoms with E-state index in [0.717, 1.165) is 32.4 Å². The Morgan fingerprint density at radius 1 is 1.39 bits per heavy atom. The zero-order valence-electron chi connectivity index (χ0n) is 14.8. The lowest BCUT2D eigenvalue weighted by atomic mass is 9.99. The Kier molecular flexibility index (Phi) is 6.19. The van der Waals surface area contributed by atoms with Gasteiger partial charge in [0.05, 0.1) is 7.11 Å². The molecule has 0 aromatic heterocycles. The van der Waals surface area contributed by atoms with E-state index in [1.807, 2.05) is 0 Å². The Morgan fingerprint density at radius 3 is 2.70 bits per heavy atom. The summed E-state index contributed by atoms with van der Waals surface area (Å²) >= 11 is 0. The summed E-state index contributed by atoms with van der Waals surface area (Å²) in [4.78, 5) is 14.4. The summed E-state index contributed by atoms with van der Waals surface area (Å²) in [5.74, 6) is -0.147. The normalized spacial score (nSPS) is 22.0. The highest BCUT2D eigenvalue weighted by Crippen LogP contribution is 2.30. The van der Waals surface area contributed by atoms with Crippen molar-refractivity contribution < 1.29 is 9.53 Å². The van der Waals surface area contributed by atoms with Gasteiger partial charge in [0.1, 0.15) is 6.04 Å². The van der Waals surface area contributed by atoms with Crippen LogP contribution in [0.3, 0.4) is 0 Å². The molecular weight excluding hydrogens is 288 g/mol. The number of nitrogens with one attached hydrogen (secondary N) is 1. The molecule has 1 N–H and O–H groups in total. The minimum atomic E-state index is -0.192. The number of likely N-dealkylation sites (tertiary alicyclic amines) is 1. The molecule has 0 spiro atoms. The molecule has 23 heavy (non-hydrogen) atoms. The molecule has 1 aliphatic rings. The van der Waals surface area contributed by atoms with Gasteiger partial charge < -0.3 is 10.1 Å². The fraction of sp³-hybridized carbons (Fsp3) is 0.632. The molecule has 1 aliphatic heterocycles. The average Bonchev–Trinajstić information content (AvgIpc) is 2.81. The molecule has 0 aliphatic carbocycles. The van der Waals surface area contributed by atoms with Crippen LogP contribution < -0.4 is 5.32 Å². The second kappa shape index (κ2) is 7.93. The minimum Gasteiger partial charge on any atom is -0.468 e. The second-order valence-corrected chi connectivity index (χ2v) is 7.11. The lowest BCUT2D eigenvalue weighted by molar-refractivity contribution is -0.143. The number of carbonyl (C=O) groups excluding carboxylic acids is 1. The molecule has 1 heterocycles. The number of benzene rings is 1. The summed E-state index contributed by atoms with van der Waals surface area (Å²) in [5.41, 5.74) is 1.46. The van der Waals surface area contributed by atoms with E-state index in [2.05, 4.69) is 61.3 Å². The molecule has 2 atom stereocenters. The molecule has 1 saturated heterocycles. The second-order valence-electron chi connectivity index (χ2n) is 7.11. The van der Waals surface area contributed by atoms with E-state index in [9.17, 15) is 4.79 Å². The van der Waals surface area contributed by atoms with Gasteiger partial charge >= 0.3 is 5.97 Å². The average molecular weight is 318 g/mol. The standard InChI is InChI=1S/C19H30N2O2/c1-5-9-17(18(22)23-4)20-16-12-19(2,3)21(14-16)13-15-10-7-6-8-11-15/h6-8,10-11,16-17,20H,5,9,12-14H2,1-4H3/t16-,17+/m0/s1. The maximum Gasteiger partial charge on any atom is 0.322 e. The first-order valence-electron chi connectivity index (χ1n) is 8.59. The van der Waals surface area contributed by atoms with E-state index in [-0.39, 0.29) is 17.6 Å². The van der Waals surface area contributed by atoms with Crippen LogP contribution in [0, 0.1) is 0 Å². The van der Waals surface area contributed by atoms with Crippen molar-refractivity contribution in [1.82, 2.24) is 10.2 Å². The lowest BCUT2D eigenvalue weighted by Gasteiger charge is -2.31. The highest BCUT2D eigenvalue weighted by atomic mass is 16.5. The fourth-order valence-electron chi connectivity index (χ4n) is 3.49. The summed E-state index contributed by atoms with van der Waals surface area (Å²) in [6, 6.07) is 10.7. The summed E-state index contributed by atoms with van der Waals surface area (Å²) < 4.78 is 4.93. The number of methoxy groups -OCH3 is 1. The Morgan fingerprint density at radius 2 is 2.09 bits per heavy atom. The molecular formula is C19H30N2O2. The molecule has 0 radical (unpaired) electrons. The summed E-state index contributed by atoms with van der Waals surface area (Å²) in [7, 11) is 1.47. The van der Waals surface area contributed by atoms with Crippen molar-refractivity contribution >= 4 is 5.97 Å². The number of carbonyl (C=O) groups is 1. The first-order valence-corrected chi connectivity index (χ1v) is 8.59. The lowest BCUT2D eigenvalue weighted by Crippen LogP contribution is -2.45. The van der Waals surface area contributed by atoms with Crippen LogP contribution >= 0.6 is 0 Å². The minimum absolute atomic E-state index is 0.125. The van der Waals surface area contributed by atoms with Crippen LogP contribution in [0.5, 0.6) is 0 Å². The topological polar surface area (TPSA) is 41.6 Å². The predicted octanol–water partition coefficient (Wildman–Crippen LogP) is 2.97. The van der Waals surface area contributed by atoms with Crippen LogP contribution in [0.15, 0.2) is 30.3 Å². The highest BCUT2D eigenvalue weighted by Gasteiger charge is 2.39. The van der Waals surface area contributed by atoms with E-state index in [1.54, 1.807) is 0 Å². The molecule has 128 valence electrons. The van der Waals surface area contributed by atoms with Crippen LogP contribution in [0.4, 0.5) is 0 Å². The smallest absolute Gasteiger partial charge is 0.322 e. The van der Waals surface area contributed by atoms with Crippen LogP contribution in [-0.4, -0.2) is 42.1 Å². The zero-order chi connectivity index (χ0) is 16.9. The molecule has 0 bridgehead atoms. The number of rotatable bonds is 7. The van der Waals surface area contributed by atoms with Gasteiger partial charge in [0.2, 0.25) is 0 Å². The summed E-state index contributed by atoms with van der Waals surface area (Å²) in [6.45, 7) is 8.56. The monoisotopic (exact) mass is 318 g/mol. The first kappa shape index (κ1) is 18.0. The van der Waals surface area contributed by atoms with Crippen molar-refractivity contribution in [2.24, 2.45) is 0 Å². The predicted molar refractivity (Wildman–Crippen MR) is 93.2 cm³/mol. The molecule has 4 nitrogen and oxygen atoms in total. The van der Waals surface area contributed by atoms with E-state index < -0.39 is 0 Å². The molecule has 4 heteroatoms. The highest BCUT2D eigenvalue weighted by molar-refractivity contribution is 5.75. The van der Waals surface area contributed by atoms with Crippen molar-refractivity contribution in [2.75, 3.05) is 13.7 Å². The molecule has 1 fully saturated rings. The van der Waals surface area contributed by atoms with Crippen molar-refractivity contribution in [3.8, 4) is 0 Å². The SMILES string of the molecule is CCC[C@@H](N[C@@H]1CN(Cc2ccccc2)C(C)(C)C1)C(=O)OC. The van der Waals surface area contributed by atoms with E-state index >= 15 is 0 Å². The van der Waals surface area contributed by atoms with Crippen LogP contribution in [0.1, 0.15) is 45.6 Å². The maximum absolute atomic E-state index is 11.9. The van der Waals surface area contributed by atoms with Crippen LogP contribution in [0.25, 0.3) is 0 Å². The maximum atomic E-state index is 11.9. The molecule has 0 unspecified atom stereocenters.